The van der Waals surface area contributed by atoms with Gasteiger partial charge in [-0.15, -0.1) is 29.7 Å². The normalized spacial score (nSPS) is 8.80. The fourth-order valence-corrected chi connectivity index (χ4v) is 1.52. The van der Waals surface area contributed by atoms with E-state index >= 15 is 0 Å². The molecule has 0 aromatic heterocycles. The van der Waals surface area contributed by atoms with Crippen molar-refractivity contribution < 1.29 is 21.7 Å². The van der Waals surface area contributed by atoms with Crippen LogP contribution < -0.4 is 0 Å². The summed E-state index contributed by atoms with van der Waals surface area (Å²) >= 11 is 0. The van der Waals surface area contributed by atoms with Crippen LogP contribution in [0, 0.1) is 0 Å². The Kier molecular flexibility index (Phi) is 18.0. The van der Waals surface area contributed by atoms with Gasteiger partial charge in [-0.25, -0.2) is 0 Å². The van der Waals surface area contributed by atoms with E-state index in [-0.39, 0.29) is 21.7 Å². The van der Waals surface area contributed by atoms with Crippen LogP contribution in [0.4, 0.5) is 0 Å². The van der Waals surface area contributed by atoms with Gasteiger partial charge < -0.3 is 10.6 Å². The Balaban J connectivity index is 0. The van der Waals surface area contributed by atoms with E-state index in [2.05, 4.69) is 53.1 Å². The van der Waals surface area contributed by atoms with Crippen LogP contribution in [-0.4, -0.2) is 26.2 Å². The van der Waals surface area contributed by atoms with Crippen LogP contribution in [0.3, 0.4) is 0 Å². The molecular weight excluding hydrogens is 280 g/mol. The second kappa shape index (κ2) is 16.5. The molecule has 2 nitrogen and oxygen atoms in total. The van der Waals surface area contributed by atoms with E-state index in [1.807, 2.05) is 27.7 Å². The molecule has 0 unspecified atom stereocenters. The van der Waals surface area contributed by atoms with Crippen LogP contribution in [-0.2, 0) is 21.7 Å². The number of nitrogens with zero attached hydrogens (tertiary/aromatic N) is 2. The summed E-state index contributed by atoms with van der Waals surface area (Å²) in [5.41, 5.74) is 0. The number of rotatable bonds is 4. The standard InChI is InChI=1S/C9H7.2C4H10N.Ti/c1-2-5-9-7-3-6-8(9)4-1;2*1-3-5-4-2;/h1-7H;2*3-4H2,1-2H3;/q3*-1;+3. The third-order valence-corrected chi connectivity index (χ3v) is 2.44. The smallest absolute Gasteiger partial charge is 0.663 e. The van der Waals surface area contributed by atoms with Gasteiger partial charge >= 0.3 is 21.7 Å². The predicted octanol–water partition coefficient (Wildman–Crippen LogP) is 5.36. The van der Waals surface area contributed by atoms with Crippen molar-refractivity contribution in [3.05, 3.63) is 53.1 Å². The van der Waals surface area contributed by atoms with Crippen molar-refractivity contribution in [2.45, 2.75) is 27.7 Å². The number of benzene rings is 1. The molecule has 0 bridgehead atoms. The van der Waals surface area contributed by atoms with Crippen molar-refractivity contribution in [3.63, 3.8) is 0 Å². The zero-order valence-corrected chi connectivity index (χ0v) is 14.8. The van der Waals surface area contributed by atoms with E-state index in [0.717, 1.165) is 26.2 Å². The number of hydrogen-bond donors (Lipinski definition) is 0. The van der Waals surface area contributed by atoms with Crippen molar-refractivity contribution in [1.29, 1.82) is 0 Å². The second-order valence-corrected chi connectivity index (χ2v) is 3.87. The summed E-state index contributed by atoms with van der Waals surface area (Å²) in [5, 5.41) is 10.6. The molecule has 0 saturated carbocycles. The molecule has 0 spiro atoms. The van der Waals surface area contributed by atoms with E-state index in [9.17, 15) is 0 Å². The van der Waals surface area contributed by atoms with Crippen LogP contribution >= 0.6 is 0 Å². The Morgan fingerprint density at radius 3 is 1.70 bits per heavy atom. The average molecular weight is 307 g/mol. The Bertz CT molecular complexity index is 358. The minimum absolute atomic E-state index is 0. The van der Waals surface area contributed by atoms with Gasteiger partial charge in [0.25, 0.3) is 0 Å². The molecule has 2 aromatic carbocycles. The third-order valence-electron chi connectivity index (χ3n) is 2.44. The van der Waals surface area contributed by atoms with Gasteiger partial charge in [0, 0.05) is 0 Å². The first-order valence-electron chi connectivity index (χ1n) is 7.16. The van der Waals surface area contributed by atoms with Crippen LogP contribution in [0.1, 0.15) is 27.7 Å². The molecule has 0 atom stereocenters. The van der Waals surface area contributed by atoms with Gasteiger partial charge in [-0.2, -0.15) is 43.7 Å². The molecule has 109 valence electrons. The van der Waals surface area contributed by atoms with E-state index in [1.165, 1.54) is 10.8 Å². The summed E-state index contributed by atoms with van der Waals surface area (Å²) in [6, 6.07) is 14.7. The maximum Gasteiger partial charge on any atom is 3.00 e. The maximum atomic E-state index is 3.97. The van der Waals surface area contributed by atoms with Crippen LogP contribution in [0.25, 0.3) is 21.4 Å². The first-order chi connectivity index (χ1) is 9.29. The van der Waals surface area contributed by atoms with E-state index in [4.69, 9.17) is 0 Å². The predicted molar refractivity (Wildman–Crippen MR) is 88.4 cm³/mol. The third kappa shape index (κ3) is 11.3. The molecule has 0 fully saturated rings. The van der Waals surface area contributed by atoms with E-state index in [1.54, 1.807) is 0 Å². The monoisotopic (exact) mass is 307 g/mol. The number of hydrogen-bond acceptors (Lipinski definition) is 0. The first-order valence-corrected chi connectivity index (χ1v) is 7.16. The first kappa shape index (κ1) is 21.8. The summed E-state index contributed by atoms with van der Waals surface area (Å²) in [7, 11) is 0. The molecule has 0 heterocycles. The number of fused-ring (bicyclic) bond motifs is 1. The Labute approximate surface area is 139 Å². The fourth-order valence-electron chi connectivity index (χ4n) is 1.52. The second-order valence-electron chi connectivity index (χ2n) is 3.87. The molecule has 0 aliphatic heterocycles. The zero-order valence-electron chi connectivity index (χ0n) is 13.3. The molecule has 2 rings (SSSR count). The van der Waals surface area contributed by atoms with Gasteiger partial charge in [-0.3, -0.25) is 0 Å². The summed E-state index contributed by atoms with van der Waals surface area (Å²) in [6.07, 6.45) is 0. The van der Waals surface area contributed by atoms with Gasteiger partial charge in [0.2, 0.25) is 0 Å². The van der Waals surface area contributed by atoms with Gasteiger partial charge in [0.1, 0.15) is 0 Å². The van der Waals surface area contributed by atoms with Crippen molar-refractivity contribution in [3.8, 4) is 0 Å². The molecule has 0 N–H and O–H groups in total. The largest absolute Gasteiger partial charge is 3.00 e. The summed E-state index contributed by atoms with van der Waals surface area (Å²) in [6.45, 7) is 12.1. The van der Waals surface area contributed by atoms with Crippen molar-refractivity contribution in [2.24, 2.45) is 0 Å². The van der Waals surface area contributed by atoms with Crippen LogP contribution in [0.2, 0.25) is 0 Å². The molecular formula is C17H27N2Ti. The van der Waals surface area contributed by atoms with E-state index in [0.29, 0.717) is 0 Å². The Morgan fingerprint density at radius 2 is 1.30 bits per heavy atom. The van der Waals surface area contributed by atoms with Gasteiger partial charge in [-0.05, 0) is 0 Å². The van der Waals surface area contributed by atoms with Crippen molar-refractivity contribution >= 4 is 10.8 Å². The minimum atomic E-state index is 0. The Hall–Kier alpha value is -0.536. The van der Waals surface area contributed by atoms with Crippen LogP contribution in [0.15, 0.2) is 42.5 Å². The van der Waals surface area contributed by atoms with Gasteiger partial charge in [-0.1, -0.05) is 33.8 Å². The molecule has 20 heavy (non-hydrogen) atoms. The van der Waals surface area contributed by atoms with Crippen molar-refractivity contribution in [1.82, 2.24) is 0 Å². The molecule has 0 aliphatic rings. The summed E-state index contributed by atoms with van der Waals surface area (Å²) in [4.78, 5) is 0. The van der Waals surface area contributed by atoms with Crippen LogP contribution in [0.5, 0.6) is 0 Å². The Morgan fingerprint density at radius 1 is 0.800 bits per heavy atom. The summed E-state index contributed by atoms with van der Waals surface area (Å²) < 4.78 is 0. The molecule has 0 aliphatic carbocycles. The van der Waals surface area contributed by atoms with Gasteiger partial charge in [0.05, 0.1) is 0 Å². The minimum Gasteiger partial charge on any atom is -0.663 e. The van der Waals surface area contributed by atoms with E-state index < -0.39 is 0 Å². The zero-order chi connectivity index (χ0) is 14.3. The fraction of sp³-hybridized carbons (Fsp3) is 0.471. The SMILES string of the molecule is CC[N-]CC.CC[N-]CC.[Ti+3].c1ccc2[cH-]ccc2c1. The average Bonchev–Trinajstić information content (AvgIpc) is 2.90. The maximum absolute atomic E-state index is 3.97. The molecule has 2 aromatic rings. The quantitative estimate of drug-likeness (QED) is 0.537. The summed E-state index contributed by atoms with van der Waals surface area (Å²) in [5.74, 6) is 0. The molecule has 1 radical (unpaired) electrons. The molecule has 3 heteroatoms. The molecule has 0 saturated heterocycles. The molecule has 0 amide bonds. The van der Waals surface area contributed by atoms with Gasteiger partial charge in [0.15, 0.2) is 0 Å². The topological polar surface area (TPSA) is 28.2 Å². The van der Waals surface area contributed by atoms with Crippen molar-refractivity contribution in [2.75, 3.05) is 26.2 Å².